The fourth-order valence-corrected chi connectivity index (χ4v) is 2.23. The van der Waals surface area contributed by atoms with Crippen molar-refractivity contribution in [1.29, 1.82) is 0 Å². The molecule has 0 saturated heterocycles. The SMILES string of the molecule is Cc1ccccc1CC(=O)Nc1c(F)cc(Br)cc1F. The molecule has 0 saturated carbocycles. The lowest BCUT2D eigenvalue weighted by Gasteiger charge is -2.09. The number of rotatable bonds is 3. The summed E-state index contributed by atoms with van der Waals surface area (Å²) in [5, 5.41) is 2.27. The summed E-state index contributed by atoms with van der Waals surface area (Å²) >= 11 is 2.98. The first-order chi connectivity index (χ1) is 9.47. The molecule has 0 unspecified atom stereocenters. The van der Waals surface area contributed by atoms with Gasteiger partial charge in [-0.1, -0.05) is 40.2 Å². The van der Waals surface area contributed by atoms with Crippen LogP contribution in [0.5, 0.6) is 0 Å². The molecular formula is C15H12BrF2NO. The lowest BCUT2D eigenvalue weighted by Crippen LogP contribution is -2.17. The van der Waals surface area contributed by atoms with E-state index in [0.29, 0.717) is 0 Å². The highest BCUT2D eigenvalue weighted by Crippen LogP contribution is 2.24. The molecule has 5 heteroatoms. The molecule has 0 fully saturated rings. The minimum Gasteiger partial charge on any atom is -0.321 e. The summed E-state index contributed by atoms with van der Waals surface area (Å²) < 4.78 is 27.5. The van der Waals surface area contributed by atoms with Crippen LogP contribution in [0.15, 0.2) is 40.9 Å². The smallest absolute Gasteiger partial charge is 0.228 e. The molecule has 2 nitrogen and oxygen atoms in total. The molecule has 0 spiro atoms. The Bertz CT molecular complexity index is 635. The fourth-order valence-electron chi connectivity index (χ4n) is 1.83. The topological polar surface area (TPSA) is 29.1 Å². The summed E-state index contributed by atoms with van der Waals surface area (Å²) in [7, 11) is 0. The zero-order chi connectivity index (χ0) is 14.7. The zero-order valence-corrected chi connectivity index (χ0v) is 12.3. The van der Waals surface area contributed by atoms with Crippen LogP contribution in [0.2, 0.25) is 0 Å². The average molecular weight is 340 g/mol. The van der Waals surface area contributed by atoms with Crippen molar-refractivity contribution >= 4 is 27.5 Å². The van der Waals surface area contributed by atoms with Crippen LogP contribution in [0.3, 0.4) is 0 Å². The minimum absolute atomic E-state index is 0.0710. The molecule has 0 aliphatic heterocycles. The molecule has 2 aromatic rings. The van der Waals surface area contributed by atoms with E-state index in [1.807, 2.05) is 31.2 Å². The molecule has 20 heavy (non-hydrogen) atoms. The number of amides is 1. The number of hydrogen-bond donors (Lipinski definition) is 1. The molecule has 0 aliphatic carbocycles. The van der Waals surface area contributed by atoms with Crippen LogP contribution >= 0.6 is 15.9 Å². The Morgan fingerprint density at radius 3 is 2.40 bits per heavy atom. The van der Waals surface area contributed by atoms with E-state index < -0.39 is 23.2 Å². The fraction of sp³-hybridized carbons (Fsp3) is 0.133. The van der Waals surface area contributed by atoms with E-state index in [0.717, 1.165) is 23.3 Å². The lowest BCUT2D eigenvalue weighted by molar-refractivity contribution is -0.115. The number of carbonyl (C=O) groups is 1. The van der Waals surface area contributed by atoms with Crippen LogP contribution in [0.4, 0.5) is 14.5 Å². The van der Waals surface area contributed by atoms with Gasteiger partial charge < -0.3 is 5.32 Å². The van der Waals surface area contributed by atoms with Crippen LogP contribution in [0.1, 0.15) is 11.1 Å². The maximum absolute atomic E-state index is 13.6. The van der Waals surface area contributed by atoms with E-state index in [4.69, 9.17) is 0 Å². The van der Waals surface area contributed by atoms with Gasteiger partial charge in [-0.3, -0.25) is 4.79 Å². The standard InChI is InChI=1S/C15H12BrF2NO/c1-9-4-2-3-5-10(9)6-14(20)19-15-12(17)7-11(16)8-13(15)18/h2-5,7-8H,6H2,1H3,(H,19,20). The first-order valence-corrected chi connectivity index (χ1v) is 6.75. The normalized spacial score (nSPS) is 10.4. The summed E-state index contributed by atoms with van der Waals surface area (Å²) in [6, 6.07) is 9.58. The first-order valence-electron chi connectivity index (χ1n) is 5.96. The van der Waals surface area contributed by atoms with E-state index in [2.05, 4.69) is 21.2 Å². The molecule has 1 amide bonds. The number of hydrogen-bond acceptors (Lipinski definition) is 1. The second kappa shape index (κ2) is 6.13. The predicted octanol–water partition coefficient (Wildman–Crippen LogP) is 4.22. The van der Waals surface area contributed by atoms with Gasteiger partial charge in [0.15, 0.2) is 11.6 Å². The van der Waals surface area contributed by atoms with Crippen molar-refractivity contribution in [3.63, 3.8) is 0 Å². The monoisotopic (exact) mass is 339 g/mol. The molecule has 0 aliphatic rings. The van der Waals surface area contributed by atoms with Crippen molar-refractivity contribution in [3.05, 3.63) is 63.6 Å². The Kier molecular flexibility index (Phi) is 4.49. The molecule has 0 aromatic heterocycles. The van der Waals surface area contributed by atoms with Crippen LogP contribution in [0.25, 0.3) is 0 Å². The van der Waals surface area contributed by atoms with Crippen molar-refractivity contribution in [2.75, 3.05) is 5.32 Å². The van der Waals surface area contributed by atoms with E-state index in [1.165, 1.54) is 0 Å². The summed E-state index contributed by atoms with van der Waals surface area (Å²) in [6.07, 6.45) is 0.0710. The number of halogens is 3. The molecule has 1 N–H and O–H groups in total. The lowest BCUT2D eigenvalue weighted by atomic mass is 10.1. The molecule has 0 atom stereocenters. The Balaban J connectivity index is 2.15. The first kappa shape index (κ1) is 14.7. The van der Waals surface area contributed by atoms with Crippen LogP contribution in [-0.4, -0.2) is 5.91 Å². The van der Waals surface area contributed by atoms with Gasteiger partial charge in [0, 0.05) is 4.47 Å². The van der Waals surface area contributed by atoms with Gasteiger partial charge in [0.1, 0.15) is 5.69 Å². The highest BCUT2D eigenvalue weighted by Gasteiger charge is 2.14. The number of aryl methyl sites for hydroxylation is 1. The van der Waals surface area contributed by atoms with Crippen LogP contribution in [-0.2, 0) is 11.2 Å². The van der Waals surface area contributed by atoms with Gasteiger partial charge in [-0.05, 0) is 30.2 Å². The molecule has 0 radical (unpaired) electrons. The van der Waals surface area contributed by atoms with Gasteiger partial charge in [-0.25, -0.2) is 8.78 Å². The van der Waals surface area contributed by atoms with Crippen molar-refractivity contribution in [3.8, 4) is 0 Å². The second-order valence-corrected chi connectivity index (χ2v) is 5.31. The Hall–Kier alpha value is -1.75. The van der Waals surface area contributed by atoms with Gasteiger partial charge in [0.25, 0.3) is 0 Å². The third kappa shape index (κ3) is 3.42. The van der Waals surface area contributed by atoms with E-state index in [9.17, 15) is 13.6 Å². The largest absolute Gasteiger partial charge is 0.321 e. The Morgan fingerprint density at radius 1 is 1.20 bits per heavy atom. The van der Waals surface area contributed by atoms with Crippen LogP contribution < -0.4 is 5.32 Å². The van der Waals surface area contributed by atoms with Crippen LogP contribution in [0, 0.1) is 18.6 Å². The molecule has 2 aromatic carbocycles. The highest BCUT2D eigenvalue weighted by molar-refractivity contribution is 9.10. The van der Waals surface area contributed by atoms with Gasteiger partial charge >= 0.3 is 0 Å². The van der Waals surface area contributed by atoms with Gasteiger partial charge in [0.05, 0.1) is 6.42 Å². The maximum Gasteiger partial charge on any atom is 0.228 e. The third-order valence-electron chi connectivity index (χ3n) is 2.88. The summed E-state index contributed by atoms with van der Waals surface area (Å²) in [5.41, 5.74) is 1.36. The number of benzene rings is 2. The summed E-state index contributed by atoms with van der Waals surface area (Å²) in [5.74, 6) is -2.08. The average Bonchev–Trinajstić information content (AvgIpc) is 2.36. The van der Waals surface area contributed by atoms with E-state index in [-0.39, 0.29) is 10.9 Å². The predicted molar refractivity (Wildman–Crippen MR) is 77.6 cm³/mol. The second-order valence-electron chi connectivity index (χ2n) is 4.40. The summed E-state index contributed by atoms with van der Waals surface area (Å²) in [4.78, 5) is 11.9. The van der Waals surface area contributed by atoms with Gasteiger partial charge in [-0.2, -0.15) is 0 Å². The molecule has 2 rings (SSSR count). The number of carbonyl (C=O) groups excluding carboxylic acids is 1. The zero-order valence-electron chi connectivity index (χ0n) is 10.7. The molecule has 104 valence electrons. The number of nitrogens with one attached hydrogen (secondary N) is 1. The minimum atomic E-state index is -0.810. The van der Waals surface area contributed by atoms with E-state index in [1.54, 1.807) is 0 Å². The van der Waals surface area contributed by atoms with Crippen molar-refractivity contribution in [2.45, 2.75) is 13.3 Å². The van der Waals surface area contributed by atoms with E-state index >= 15 is 0 Å². The van der Waals surface area contributed by atoms with Crippen molar-refractivity contribution < 1.29 is 13.6 Å². The Morgan fingerprint density at radius 2 is 1.80 bits per heavy atom. The van der Waals surface area contributed by atoms with Crippen molar-refractivity contribution in [2.24, 2.45) is 0 Å². The maximum atomic E-state index is 13.6. The molecule has 0 heterocycles. The Labute approximate surface area is 123 Å². The summed E-state index contributed by atoms with van der Waals surface area (Å²) in [6.45, 7) is 1.88. The number of anilines is 1. The third-order valence-corrected chi connectivity index (χ3v) is 3.34. The highest BCUT2D eigenvalue weighted by atomic mass is 79.9. The van der Waals surface area contributed by atoms with Gasteiger partial charge in [0.2, 0.25) is 5.91 Å². The van der Waals surface area contributed by atoms with Gasteiger partial charge in [-0.15, -0.1) is 0 Å². The molecule has 0 bridgehead atoms. The van der Waals surface area contributed by atoms with Crippen molar-refractivity contribution in [1.82, 2.24) is 0 Å². The molecular weight excluding hydrogens is 328 g/mol. The quantitative estimate of drug-likeness (QED) is 0.891.